The quantitative estimate of drug-likeness (QED) is 0.721. The van der Waals surface area contributed by atoms with Crippen molar-refractivity contribution in [1.29, 1.82) is 0 Å². The first kappa shape index (κ1) is 17.8. The van der Waals surface area contributed by atoms with Crippen LogP contribution >= 0.6 is 11.8 Å². The van der Waals surface area contributed by atoms with Crippen molar-refractivity contribution in [3.63, 3.8) is 0 Å². The van der Waals surface area contributed by atoms with E-state index in [9.17, 15) is 5.11 Å². The number of thioether (sulfide) groups is 1. The Morgan fingerprint density at radius 2 is 1.91 bits per heavy atom. The van der Waals surface area contributed by atoms with Crippen LogP contribution in [-0.4, -0.2) is 43.3 Å². The van der Waals surface area contributed by atoms with Crippen LogP contribution in [0.1, 0.15) is 26.7 Å². The minimum absolute atomic E-state index is 0.00278. The van der Waals surface area contributed by atoms with Crippen molar-refractivity contribution in [1.82, 2.24) is 5.32 Å². The van der Waals surface area contributed by atoms with E-state index in [-0.39, 0.29) is 12.0 Å². The lowest BCUT2D eigenvalue weighted by molar-refractivity contribution is -0.0168. The van der Waals surface area contributed by atoms with Gasteiger partial charge < -0.3 is 15.2 Å². The van der Waals surface area contributed by atoms with Gasteiger partial charge in [0.05, 0.1) is 6.61 Å². The van der Waals surface area contributed by atoms with Gasteiger partial charge in [0.15, 0.2) is 0 Å². The van der Waals surface area contributed by atoms with Crippen molar-refractivity contribution >= 4 is 11.8 Å². The summed E-state index contributed by atoms with van der Waals surface area (Å²) < 4.78 is 5.44. The second kappa shape index (κ2) is 8.92. The molecule has 1 saturated heterocycles. The molecule has 1 aromatic rings. The van der Waals surface area contributed by atoms with Crippen molar-refractivity contribution in [3.8, 4) is 0 Å². The fourth-order valence-electron chi connectivity index (χ4n) is 2.73. The number of nitrogens with one attached hydrogen (secondary N) is 1. The number of hydrogen-bond donors (Lipinski definition) is 2. The van der Waals surface area contributed by atoms with E-state index in [1.54, 1.807) is 0 Å². The van der Waals surface area contributed by atoms with Gasteiger partial charge in [-0.2, -0.15) is 0 Å². The van der Waals surface area contributed by atoms with Crippen LogP contribution in [0, 0.1) is 11.3 Å². The van der Waals surface area contributed by atoms with Crippen LogP contribution in [-0.2, 0) is 4.74 Å². The Bertz CT molecular complexity index is 418. The summed E-state index contributed by atoms with van der Waals surface area (Å²) in [7, 11) is 0. The van der Waals surface area contributed by atoms with E-state index in [4.69, 9.17) is 4.74 Å². The molecule has 1 atom stereocenters. The molecule has 3 nitrogen and oxygen atoms in total. The fourth-order valence-corrected chi connectivity index (χ4v) is 3.96. The van der Waals surface area contributed by atoms with Crippen molar-refractivity contribution in [2.45, 2.75) is 37.6 Å². The molecule has 2 rings (SSSR count). The van der Waals surface area contributed by atoms with Gasteiger partial charge in [-0.3, -0.25) is 0 Å². The molecule has 0 saturated carbocycles. The summed E-state index contributed by atoms with van der Waals surface area (Å²) in [5, 5.41) is 13.5. The first-order valence-corrected chi connectivity index (χ1v) is 9.24. The van der Waals surface area contributed by atoms with E-state index in [1.165, 1.54) is 4.90 Å². The maximum atomic E-state index is 9.80. The van der Waals surface area contributed by atoms with Crippen molar-refractivity contribution < 1.29 is 9.84 Å². The van der Waals surface area contributed by atoms with Gasteiger partial charge in [0, 0.05) is 41.9 Å². The zero-order valence-electron chi connectivity index (χ0n) is 13.8. The van der Waals surface area contributed by atoms with Gasteiger partial charge in [-0.25, -0.2) is 0 Å². The smallest absolute Gasteiger partial charge is 0.0501 e. The van der Waals surface area contributed by atoms with Crippen molar-refractivity contribution in [2.24, 2.45) is 11.3 Å². The molecule has 1 aliphatic rings. The zero-order chi connectivity index (χ0) is 15.8. The number of ether oxygens (including phenoxy) is 1. The molecular formula is C18H29NO2S. The van der Waals surface area contributed by atoms with Gasteiger partial charge in [-0.1, -0.05) is 32.0 Å². The Labute approximate surface area is 138 Å². The lowest BCUT2D eigenvalue weighted by Gasteiger charge is -2.37. The third-order valence-corrected chi connectivity index (χ3v) is 5.74. The molecule has 2 N–H and O–H groups in total. The highest BCUT2D eigenvalue weighted by molar-refractivity contribution is 7.99. The Morgan fingerprint density at radius 1 is 1.23 bits per heavy atom. The molecule has 0 radical (unpaired) electrons. The molecule has 124 valence electrons. The minimum Gasteiger partial charge on any atom is -0.396 e. The molecule has 0 spiro atoms. The Balaban J connectivity index is 1.85. The molecule has 1 aliphatic heterocycles. The topological polar surface area (TPSA) is 41.5 Å². The van der Waals surface area contributed by atoms with E-state index in [0.717, 1.165) is 38.4 Å². The van der Waals surface area contributed by atoms with E-state index in [1.807, 2.05) is 11.8 Å². The Hall–Kier alpha value is -0.550. The molecule has 0 amide bonds. The lowest BCUT2D eigenvalue weighted by atomic mass is 9.80. The monoisotopic (exact) mass is 323 g/mol. The standard InChI is InChI=1S/C18H29NO2S/c1-15(2)17(12-22-16-6-4-3-5-7-16)19-13-18(14-20)8-10-21-11-9-18/h3-7,15,17,19-20H,8-14H2,1-2H3. The fraction of sp³-hybridized carbons (Fsp3) is 0.667. The number of aliphatic hydroxyl groups is 1. The molecule has 22 heavy (non-hydrogen) atoms. The lowest BCUT2D eigenvalue weighted by Crippen LogP contribution is -2.47. The highest BCUT2D eigenvalue weighted by Gasteiger charge is 2.32. The number of hydrogen-bond acceptors (Lipinski definition) is 4. The van der Waals surface area contributed by atoms with Crippen molar-refractivity contribution in [3.05, 3.63) is 30.3 Å². The highest BCUT2D eigenvalue weighted by atomic mass is 32.2. The summed E-state index contributed by atoms with van der Waals surface area (Å²) in [5.41, 5.74) is 0.00278. The normalized spacial score (nSPS) is 19.3. The molecule has 0 aliphatic carbocycles. The molecule has 1 fully saturated rings. The maximum absolute atomic E-state index is 9.80. The predicted molar refractivity (Wildman–Crippen MR) is 93.4 cm³/mol. The average Bonchev–Trinajstić information content (AvgIpc) is 2.56. The summed E-state index contributed by atoms with van der Waals surface area (Å²) in [4.78, 5) is 1.32. The van der Waals surface area contributed by atoms with Crippen LogP contribution in [0.3, 0.4) is 0 Å². The second-order valence-electron chi connectivity index (χ2n) is 6.63. The van der Waals surface area contributed by atoms with Crippen LogP contribution < -0.4 is 5.32 Å². The van der Waals surface area contributed by atoms with E-state index >= 15 is 0 Å². The van der Waals surface area contributed by atoms with Gasteiger partial charge in [0.2, 0.25) is 0 Å². The van der Waals surface area contributed by atoms with Gasteiger partial charge in [0.25, 0.3) is 0 Å². The van der Waals surface area contributed by atoms with Gasteiger partial charge in [-0.05, 0) is 30.9 Å². The zero-order valence-corrected chi connectivity index (χ0v) is 14.6. The first-order valence-electron chi connectivity index (χ1n) is 8.25. The van der Waals surface area contributed by atoms with Crippen LogP contribution in [0.2, 0.25) is 0 Å². The molecule has 1 unspecified atom stereocenters. The first-order chi connectivity index (χ1) is 10.7. The van der Waals surface area contributed by atoms with E-state index in [0.29, 0.717) is 12.0 Å². The van der Waals surface area contributed by atoms with Crippen LogP contribution in [0.25, 0.3) is 0 Å². The second-order valence-corrected chi connectivity index (χ2v) is 7.72. The summed E-state index contributed by atoms with van der Waals surface area (Å²) in [5.74, 6) is 1.63. The number of aliphatic hydroxyl groups excluding tert-OH is 1. The van der Waals surface area contributed by atoms with E-state index in [2.05, 4.69) is 49.5 Å². The molecule has 4 heteroatoms. The van der Waals surface area contributed by atoms with Crippen molar-refractivity contribution in [2.75, 3.05) is 32.1 Å². The molecule has 1 aromatic carbocycles. The largest absolute Gasteiger partial charge is 0.396 e. The predicted octanol–water partition coefficient (Wildman–Crippen LogP) is 3.18. The Morgan fingerprint density at radius 3 is 2.50 bits per heavy atom. The minimum atomic E-state index is 0.00278. The van der Waals surface area contributed by atoms with Crippen LogP contribution in [0.4, 0.5) is 0 Å². The maximum Gasteiger partial charge on any atom is 0.0501 e. The third-order valence-electron chi connectivity index (χ3n) is 4.61. The van der Waals surface area contributed by atoms with Gasteiger partial charge in [0.1, 0.15) is 0 Å². The molecule has 1 heterocycles. The average molecular weight is 324 g/mol. The van der Waals surface area contributed by atoms with Crippen LogP contribution in [0.15, 0.2) is 35.2 Å². The number of benzene rings is 1. The molecule has 0 bridgehead atoms. The van der Waals surface area contributed by atoms with Crippen LogP contribution in [0.5, 0.6) is 0 Å². The van der Waals surface area contributed by atoms with Gasteiger partial charge in [-0.15, -0.1) is 11.8 Å². The van der Waals surface area contributed by atoms with E-state index < -0.39 is 0 Å². The molecule has 0 aromatic heterocycles. The summed E-state index contributed by atoms with van der Waals surface area (Å²) in [6.45, 7) is 7.20. The highest BCUT2D eigenvalue weighted by Crippen LogP contribution is 2.30. The summed E-state index contributed by atoms with van der Waals surface area (Å²) in [6.07, 6.45) is 1.90. The summed E-state index contributed by atoms with van der Waals surface area (Å²) in [6, 6.07) is 11.0. The number of rotatable bonds is 8. The SMILES string of the molecule is CC(C)C(CSc1ccccc1)NCC1(CO)CCOCC1. The molecular weight excluding hydrogens is 294 g/mol. The Kier molecular flexibility index (Phi) is 7.22. The van der Waals surface area contributed by atoms with Gasteiger partial charge >= 0.3 is 0 Å². The summed E-state index contributed by atoms with van der Waals surface area (Å²) >= 11 is 1.90. The third kappa shape index (κ3) is 5.27.